The summed E-state index contributed by atoms with van der Waals surface area (Å²) in [6, 6.07) is 6.50. The first-order chi connectivity index (χ1) is 13.3. The van der Waals surface area contributed by atoms with Crippen molar-refractivity contribution in [3.05, 3.63) is 66.6 Å². The molecule has 0 aliphatic carbocycles. The van der Waals surface area contributed by atoms with Crippen molar-refractivity contribution >= 4 is 0 Å². The normalized spacial score (nSPS) is 10.7. The fourth-order valence-electron chi connectivity index (χ4n) is 2.57. The third-order valence-electron chi connectivity index (χ3n) is 3.81. The number of hydrogen-bond donors (Lipinski definition) is 0. The Morgan fingerprint density at radius 2 is 1.85 bits per heavy atom. The van der Waals surface area contributed by atoms with E-state index in [1.807, 2.05) is 0 Å². The van der Waals surface area contributed by atoms with E-state index in [4.69, 9.17) is 4.74 Å². The molecule has 0 spiro atoms. The Hall–Kier alpha value is -3.75. The summed E-state index contributed by atoms with van der Waals surface area (Å²) in [4.78, 5) is 21.3. The summed E-state index contributed by atoms with van der Waals surface area (Å²) in [6.45, 7) is 0.175. The first kappa shape index (κ1) is 16.7. The number of benzene rings is 1. The van der Waals surface area contributed by atoms with Crippen LogP contribution in [-0.2, 0) is 6.54 Å². The quantitative estimate of drug-likeness (QED) is 0.537. The molecule has 0 saturated carbocycles. The maximum absolute atomic E-state index is 14.1. The first-order valence-corrected chi connectivity index (χ1v) is 8.06. The smallest absolute Gasteiger partial charge is 0.243 e. The van der Waals surface area contributed by atoms with Gasteiger partial charge in [0.25, 0.3) is 0 Å². The van der Waals surface area contributed by atoms with Crippen molar-refractivity contribution in [3.63, 3.8) is 0 Å². The summed E-state index contributed by atoms with van der Waals surface area (Å²) in [5.74, 6) is 0.717. The Bertz CT molecular complexity index is 1070. The molecular weight excluding hydrogens is 349 g/mol. The maximum atomic E-state index is 14.1. The van der Waals surface area contributed by atoms with Crippen LogP contribution in [0.5, 0.6) is 5.88 Å². The molecule has 0 aliphatic rings. The molecule has 0 radical (unpaired) electrons. The second-order valence-electron chi connectivity index (χ2n) is 5.51. The maximum Gasteiger partial charge on any atom is 0.243 e. The lowest BCUT2D eigenvalue weighted by Gasteiger charge is -2.06. The molecule has 1 aromatic carbocycles. The zero-order valence-electron chi connectivity index (χ0n) is 14.3. The molecule has 3 aromatic heterocycles. The Kier molecular flexibility index (Phi) is 4.48. The molecule has 0 N–H and O–H groups in total. The lowest BCUT2D eigenvalue weighted by Crippen LogP contribution is -2.06. The van der Waals surface area contributed by atoms with Gasteiger partial charge in [0.2, 0.25) is 11.7 Å². The zero-order valence-corrected chi connectivity index (χ0v) is 14.3. The average Bonchev–Trinajstić information content (AvgIpc) is 3.14. The van der Waals surface area contributed by atoms with E-state index in [2.05, 4.69) is 30.0 Å². The highest BCUT2D eigenvalue weighted by molar-refractivity contribution is 5.59. The molecular formula is C18H14FN7O. The summed E-state index contributed by atoms with van der Waals surface area (Å²) < 4.78 is 20.9. The van der Waals surface area contributed by atoms with E-state index in [0.717, 1.165) is 0 Å². The first-order valence-electron chi connectivity index (χ1n) is 8.06. The van der Waals surface area contributed by atoms with Gasteiger partial charge in [-0.25, -0.2) is 29.0 Å². The van der Waals surface area contributed by atoms with Gasteiger partial charge < -0.3 is 4.74 Å². The molecule has 0 unspecified atom stereocenters. The molecule has 3 heterocycles. The summed E-state index contributed by atoms with van der Waals surface area (Å²) in [5.41, 5.74) is 1.37. The van der Waals surface area contributed by atoms with Gasteiger partial charge in [-0.1, -0.05) is 18.2 Å². The minimum Gasteiger partial charge on any atom is -0.479 e. The number of rotatable bonds is 5. The Balaban J connectivity index is 1.84. The van der Waals surface area contributed by atoms with Crippen LogP contribution in [0.1, 0.15) is 5.56 Å². The summed E-state index contributed by atoms with van der Waals surface area (Å²) in [7, 11) is 1.49. The van der Waals surface area contributed by atoms with Crippen LogP contribution in [0.2, 0.25) is 0 Å². The molecule has 27 heavy (non-hydrogen) atoms. The van der Waals surface area contributed by atoms with Gasteiger partial charge in [0, 0.05) is 30.4 Å². The van der Waals surface area contributed by atoms with E-state index in [1.165, 1.54) is 25.6 Å². The second kappa shape index (κ2) is 7.24. The van der Waals surface area contributed by atoms with E-state index >= 15 is 0 Å². The van der Waals surface area contributed by atoms with E-state index in [9.17, 15) is 4.39 Å². The van der Waals surface area contributed by atoms with Crippen LogP contribution in [0.15, 0.2) is 55.2 Å². The molecule has 4 rings (SSSR count). The van der Waals surface area contributed by atoms with Gasteiger partial charge in [0.15, 0.2) is 11.5 Å². The van der Waals surface area contributed by atoms with Gasteiger partial charge in [0.1, 0.15) is 11.5 Å². The number of aromatic nitrogens is 7. The van der Waals surface area contributed by atoms with Crippen LogP contribution in [-0.4, -0.2) is 41.8 Å². The second-order valence-corrected chi connectivity index (χ2v) is 5.51. The monoisotopic (exact) mass is 363 g/mol. The lowest BCUT2D eigenvalue weighted by molar-refractivity contribution is 0.397. The van der Waals surface area contributed by atoms with E-state index in [0.29, 0.717) is 34.5 Å². The van der Waals surface area contributed by atoms with E-state index in [-0.39, 0.29) is 12.4 Å². The zero-order chi connectivity index (χ0) is 18.6. The minimum absolute atomic E-state index is 0.175. The van der Waals surface area contributed by atoms with Crippen molar-refractivity contribution in [2.75, 3.05) is 7.11 Å². The molecule has 0 atom stereocenters. The van der Waals surface area contributed by atoms with Crippen molar-refractivity contribution in [1.29, 1.82) is 0 Å². The number of nitrogens with zero attached hydrogens (tertiary/aromatic N) is 7. The van der Waals surface area contributed by atoms with Crippen molar-refractivity contribution in [2.24, 2.45) is 0 Å². The minimum atomic E-state index is -0.322. The van der Waals surface area contributed by atoms with Crippen molar-refractivity contribution < 1.29 is 9.13 Å². The molecule has 134 valence electrons. The standard InChI is InChI=1S/C18H14FN7O/c1-27-18-15(22-8-9-23-18)16-24-17(14-10-20-6-7-21-14)26(25-16)11-12-4-2-3-5-13(12)19/h2-10H,11H2,1H3. The highest BCUT2D eigenvalue weighted by atomic mass is 19.1. The summed E-state index contributed by atoms with van der Waals surface area (Å²) in [5, 5.41) is 4.49. The number of halogens is 1. The third kappa shape index (κ3) is 3.34. The van der Waals surface area contributed by atoms with Crippen LogP contribution in [0.25, 0.3) is 23.0 Å². The predicted molar refractivity (Wildman–Crippen MR) is 94.1 cm³/mol. The van der Waals surface area contributed by atoms with Crippen LogP contribution < -0.4 is 4.74 Å². The van der Waals surface area contributed by atoms with Gasteiger partial charge in [-0.2, -0.15) is 0 Å². The topological polar surface area (TPSA) is 91.5 Å². The Morgan fingerprint density at radius 3 is 2.63 bits per heavy atom. The van der Waals surface area contributed by atoms with Gasteiger partial charge in [-0.05, 0) is 6.07 Å². The molecule has 0 amide bonds. The van der Waals surface area contributed by atoms with Gasteiger partial charge >= 0.3 is 0 Å². The van der Waals surface area contributed by atoms with Crippen molar-refractivity contribution in [3.8, 4) is 28.9 Å². The van der Waals surface area contributed by atoms with Gasteiger partial charge in [0.05, 0.1) is 19.9 Å². The predicted octanol–water partition coefficient (Wildman–Crippen LogP) is 2.39. The highest BCUT2D eigenvalue weighted by Crippen LogP contribution is 2.25. The van der Waals surface area contributed by atoms with Crippen molar-refractivity contribution in [1.82, 2.24) is 34.7 Å². The summed E-state index contributed by atoms with van der Waals surface area (Å²) in [6.07, 6.45) is 7.73. The van der Waals surface area contributed by atoms with Crippen LogP contribution in [0.3, 0.4) is 0 Å². The van der Waals surface area contributed by atoms with Crippen molar-refractivity contribution in [2.45, 2.75) is 6.54 Å². The molecule has 0 bridgehead atoms. The molecule has 0 aliphatic heterocycles. The molecule has 8 nitrogen and oxygen atoms in total. The van der Waals surface area contributed by atoms with Gasteiger partial charge in [-0.3, -0.25) is 4.98 Å². The molecule has 0 saturated heterocycles. The summed E-state index contributed by atoms with van der Waals surface area (Å²) >= 11 is 0. The molecule has 9 heteroatoms. The third-order valence-corrected chi connectivity index (χ3v) is 3.81. The fraction of sp³-hybridized carbons (Fsp3) is 0.111. The van der Waals surface area contributed by atoms with Crippen LogP contribution >= 0.6 is 0 Å². The van der Waals surface area contributed by atoms with E-state index in [1.54, 1.807) is 41.5 Å². The largest absolute Gasteiger partial charge is 0.479 e. The number of ether oxygens (including phenoxy) is 1. The van der Waals surface area contributed by atoms with E-state index < -0.39 is 0 Å². The number of hydrogen-bond acceptors (Lipinski definition) is 7. The van der Waals surface area contributed by atoms with Gasteiger partial charge in [-0.15, -0.1) is 5.10 Å². The molecule has 4 aromatic rings. The fourth-order valence-corrected chi connectivity index (χ4v) is 2.57. The lowest BCUT2D eigenvalue weighted by atomic mass is 10.2. The van der Waals surface area contributed by atoms with Crippen LogP contribution in [0, 0.1) is 5.82 Å². The SMILES string of the molecule is COc1nccnc1-c1nc(-c2cnccn2)n(Cc2ccccc2F)n1. The Morgan fingerprint density at radius 1 is 1.04 bits per heavy atom. The Labute approximate surface area is 153 Å². The average molecular weight is 363 g/mol. The highest BCUT2D eigenvalue weighted by Gasteiger charge is 2.19. The van der Waals surface area contributed by atoms with Crippen LogP contribution in [0.4, 0.5) is 4.39 Å². The molecule has 0 fully saturated rings. The number of methoxy groups -OCH3 is 1.